The molecule has 1 atom stereocenters. The molecule has 0 radical (unpaired) electrons. The maximum absolute atomic E-state index is 12.9. The zero-order valence-corrected chi connectivity index (χ0v) is 19.6. The molecule has 8 nitrogen and oxygen atoms in total. The second kappa shape index (κ2) is 11.3. The van der Waals surface area contributed by atoms with Gasteiger partial charge in [0.15, 0.2) is 11.2 Å². The topological polar surface area (TPSA) is 94.1 Å². The standard InChI is InChI=1S/C23H37N5O3/c1-6-15-27-17-25-20-19(27)21(29)28(22(30)26(20)5)16-10-9-12-23(4,31)13-11-14-24-18(7-2)8-3/h17-18,24,31H,6-10,12,14-16H2,1-5H3. The van der Waals surface area contributed by atoms with Gasteiger partial charge in [-0.2, -0.15) is 0 Å². The molecule has 0 aliphatic carbocycles. The molecular weight excluding hydrogens is 394 g/mol. The first-order valence-corrected chi connectivity index (χ1v) is 11.4. The second-order valence-corrected chi connectivity index (χ2v) is 8.34. The molecule has 0 saturated heterocycles. The second-order valence-electron chi connectivity index (χ2n) is 8.34. The summed E-state index contributed by atoms with van der Waals surface area (Å²) in [4.78, 5) is 29.8. The Morgan fingerprint density at radius 2 is 1.90 bits per heavy atom. The molecule has 1 unspecified atom stereocenters. The van der Waals surface area contributed by atoms with Crippen LogP contribution >= 0.6 is 0 Å². The minimum atomic E-state index is -1.09. The van der Waals surface area contributed by atoms with E-state index < -0.39 is 5.60 Å². The molecule has 2 aromatic rings. The third-order valence-electron chi connectivity index (χ3n) is 5.68. The Balaban J connectivity index is 2.00. The van der Waals surface area contributed by atoms with E-state index in [2.05, 4.69) is 36.0 Å². The van der Waals surface area contributed by atoms with Crippen molar-refractivity contribution in [1.82, 2.24) is 24.0 Å². The summed E-state index contributed by atoms with van der Waals surface area (Å²) in [5, 5.41) is 13.9. The van der Waals surface area contributed by atoms with Crippen LogP contribution in [0.15, 0.2) is 15.9 Å². The highest BCUT2D eigenvalue weighted by Gasteiger charge is 2.18. The van der Waals surface area contributed by atoms with Crippen LogP contribution in [0.4, 0.5) is 0 Å². The number of unbranched alkanes of at least 4 members (excludes halogenated alkanes) is 1. The first kappa shape index (κ1) is 24.9. The molecule has 2 rings (SSSR count). The number of aliphatic hydroxyl groups is 1. The average molecular weight is 432 g/mol. The molecule has 0 saturated carbocycles. The summed E-state index contributed by atoms with van der Waals surface area (Å²) >= 11 is 0. The van der Waals surface area contributed by atoms with Gasteiger partial charge in [-0.15, -0.1) is 0 Å². The van der Waals surface area contributed by atoms with Crippen molar-refractivity contribution < 1.29 is 5.11 Å². The summed E-state index contributed by atoms with van der Waals surface area (Å²) in [5.41, 5.74) is -0.872. The molecule has 0 aliphatic rings. The lowest BCUT2D eigenvalue weighted by molar-refractivity contribution is 0.108. The molecule has 0 fully saturated rings. The van der Waals surface area contributed by atoms with Gasteiger partial charge in [-0.05, 0) is 45.4 Å². The molecule has 172 valence electrons. The highest BCUT2D eigenvalue weighted by molar-refractivity contribution is 5.69. The number of aryl methyl sites for hydroxylation is 2. The summed E-state index contributed by atoms with van der Waals surface area (Å²) in [6.45, 7) is 9.55. The number of rotatable bonds is 11. The molecule has 0 amide bonds. The summed E-state index contributed by atoms with van der Waals surface area (Å²) in [5.74, 6) is 5.95. The van der Waals surface area contributed by atoms with Gasteiger partial charge in [0.1, 0.15) is 5.60 Å². The Hall–Kier alpha value is -2.37. The zero-order valence-electron chi connectivity index (χ0n) is 19.6. The van der Waals surface area contributed by atoms with E-state index in [0.29, 0.717) is 56.1 Å². The van der Waals surface area contributed by atoms with Gasteiger partial charge in [0, 0.05) is 26.2 Å². The van der Waals surface area contributed by atoms with Crippen molar-refractivity contribution in [2.45, 2.75) is 91.0 Å². The smallest absolute Gasteiger partial charge is 0.332 e. The summed E-state index contributed by atoms with van der Waals surface area (Å²) < 4.78 is 4.51. The van der Waals surface area contributed by atoms with Gasteiger partial charge >= 0.3 is 5.69 Å². The largest absolute Gasteiger partial charge is 0.378 e. The van der Waals surface area contributed by atoms with Crippen molar-refractivity contribution in [3.63, 3.8) is 0 Å². The summed E-state index contributed by atoms with van der Waals surface area (Å²) in [6.07, 6.45) is 6.34. The number of hydrogen-bond donors (Lipinski definition) is 2. The first-order valence-electron chi connectivity index (χ1n) is 11.4. The van der Waals surface area contributed by atoms with Gasteiger partial charge in [0.05, 0.1) is 12.9 Å². The maximum atomic E-state index is 12.9. The fourth-order valence-corrected chi connectivity index (χ4v) is 3.74. The number of fused-ring (bicyclic) bond motifs is 1. The molecule has 0 spiro atoms. The zero-order chi connectivity index (χ0) is 23.0. The average Bonchev–Trinajstić information content (AvgIpc) is 3.16. The Bertz CT molecular complexity index is 1030. The van der Waals surface area contributed by atoms with Crippen LogP contribution in [0.3, 0.4) is 0 Å². The normalized spacial score (nSPS) is 13.4. The SMILES string of the molecule is CCCn1cnc2c1c(=O)n(CCCCC(C)(O)C#CCNC(CC)CC)c(=O)n2C. The maximum Gasteiger partial charge on any atom is 0.332 e. The summed E-state index contributed by atoms with van der Waals surface area (Å²) in [7, 11) is 1.64. The van der Waals surface area contributed by atoms with Gasteiger partial charge < -0.3 is 15.0 Å². The first-order chi connectivity index (χ1) is 14.8. The van der Waals surface area contributed by atoms with Crippen LogP contribution in [0.1, 0.15) is 66.2 Å². The van der Waals surface area contributed by atoms with E-state index in [-0.39, 0.29) is 11.2 Å². The van der Waals surface area contributed by atoms with Gasteiger partial charge in [0.25, 0.3) is 5.56 Å². The number of nitrogens with one attached hydrogen (secondary N) is 1. The lowest BCUT2D eigenvalue weighted by Crippen LogP contribution is -2.39. The Morgan fingerprint density at radius 1 is 1.19 bits per heavy atom. The van der Waals surface area contributed by atoms with Crippen LogP contribution in [0.5, 0.6) is 0 Å². The third-order valence-corrected chi connectivity index (χ3v) is 5.68. The minimum absolute atomic E-state index is 0.303. The van der Waals surface area contributed by atoms with E-state index in [1.165, 1.54) is 9.13 Å². The third kappa shape index (κ3) is 6.31. The molecule has 8 heteroatoms. The van der Waals surface area contributed by atoms with Crippen molar-refractivity contribution in [3.8, 4) is 11.8 Å². The molecule has 0 aliphatic heterocycles. The van der Waals surface area contributed by atoms with Crippen molar-refractivity contribution in [2.75, 3.05) is 6.54 Å². The van der Waals surface area contributed by atoms with Crippen LogP contribution in [-0.4, -0.2) is 42.0 Å². The predicted molar refractivity (Wildman–Crippen MR) is 124 cm³/mol. The van der Waals surface area contributed by atoms with E-state index in [9.17, 15) is 14.7 Å². The highest BCUT2D eigenvalue weighted by Crippen LogP contribution is 2.13. The monoisotopic (exact) mass is 431 g/mol. The van der Waals surface area contributed by atoms with Crippen LogP contribution < -0.4 is 16.6 Å². The fourth-order valence-electron chi connectivity index (χ4n) is 3.74. The van der Waals surface area contributed by atoms with Crippen molar-refractivity contribution in [1.29, 1.82) is 0 Å². The van der Waals surface area contributed by atoms with Crippen LogP contribution in [0.2, 0.25) is 0 Å². The number of nitrogens with zero attached hydrogens (tertiary/aromatic N) is 4. The molecule has 2 N–H and O–H groups in total. The highest BCUT2D eigenvalue weighted by atomic mass is 16.3. The fraction of sp³-hybridized carbons (Fsp3) is 0.696. The quantitative estimate of drug-likeness (QED) is 0.419. The van der Waals surface area contributed by atoms with E-state index in [4.69, 9.17) is 0 Å². The van der Waals surface area contributed by atoms with E-state index in [1.54, 1.807) is 20.3 Å². The summed E-state index contributed by atoms with van der Waals surface area (Å²) in [6, 6.07) is 0.450. The van der Waals surface area contributed by atoms with Gasteiger partial charge in [-0.1, -0.05) is 32.6 Å². The molecule has 0 bridgehead atoms. The van der Waals surface area contributed by atoms with Crippen molar-refractivity contribution in [3.05, 3.63) is 27.2 Å². The Morgan fingerprint density at radius 3 is 2.55 bits per heavy atom. The van der Waals surface area contributed by atoms with Crippen molar-refractivity contribution in [2.24, 2.45) is 7.05 Å². The lowest BCUT2D eigenvalue weighted by Gasteiger charge is -2.17. The molecular formula is C23H37N5O3. The Kier molecular flexibility index (Phi) is 9.08. The van der Waals surface area contributed by atoms with Crippen LogP contribution in [0, 0.1) is 11.8 Å². The van der Waals surface area contributed by atoms with Gasteiger partial charge in [0.2, 0.25) is 0 Å². The number of hydrogen-bond acceptors (Lipinski definition) is 5. The molecule has 0 aromatic carbocycles. The Labute approximate surface area is 184 Å². The van der Waals surface area contributed by atoms with E-state index >= 15 is 0 Å². The van der Waals surface area contributed by atoms with E-state index in [1.807, 2.05) is 11.5 Å². The van der Waals surface area contributed by atoms with Crippen LogP contribution in [-0.2, 0) is 20.1 Å². The lowest BCUT2D eigenvalue weighted by atomic mass is 9.99. The van der Waals surface area contributed by atoms with E-state index in [0.717, 1.165) is 19.3 Å². The molecule has 2 aromatic heterocycles. The van der Waals surface area contributed by atoms with Gasteiger partial charge in [-0.25, -0.2) is 9.78 Å². The molecule has 31 heavy (non-hydrogen) atoms. The van der Waals surface area contributed by atoms with Crippen molar-refractivity contribution >= 4 is 11.2 Å². The van der Waals surface area contributed by atoms with Gasteiger partial charge in [-0.3, -0.25) is 13.9 Å². The molecule has 2 heterocycles. The number of imidazole rings is 1. The predicted octanol–water partition coefficient (Wildman–Crippen LogP) is 2.01. The number of aromatic nitrogens is 4. The minimum Gasteiger partial charge on any atom is -0.378 e. The van der Waals surface area contributed by atoms with Crippen LogP contribution in [0.25, 0.3) is 11.2 Å².